The van der Waals surface area contributed by atoms with Gasteiger partial charge in [0.1, 0.15) is 11.8 Å². The Morgan fingerprint density at radius 1 is 1.35 bits per heavy atom. The summed E-state index contributed by atoms with van der Waals surface area (Å²) in [5.41, 5.74) is 7.82. The Morgan fingerprint density at radius 3 is 2.70 bits per heavy atom. The predicted octanol–water partition coefficient (Wildman–Crippen LogP) is 3.40. The van der Waals surface area contributed by atoms with Crippen LogP contribution < -0.4 is 5.73 Å². The van der Waals surface area contributed by atoms with Gasteiger partial charge in [0.15, 0.2) is 0 Å². The van der Waals surface area contributed by atoms with Crippen molar-refractivity contribution in [3.05, 3.63) is 53.9 Å². The topological polar surface area (TPSA) is 57.2 Å². The first-order valence-electron chi connectivity index (χ1n) is 6.83. The molecule has 1 unspecified atom stereocenters. The van der Waals surface area contributed by atoms with Crippen LogP contribution in [0.25, 0.3) is 0 Å². The second kappa shape index (κ2) is 6.28. The lowest BCUT2D eigenvalue weighted by atomic mass is 10.1. The third-order valence-electron chi connectivity index (χ3n) is 3.14. The standard InChI is InChI=1S/C16H20N2O2/c1-3-9-18-11-14(17)10-15(18)16(19)20-12(2)13-7-5-4-6-8-13/h4-8,10-12H,3,9,17H2,1-2H3. The molecule has 0 aliphatic heterocycles. The van der Waals surface area contributed by atoms with Gasteiger partial charge in [-0.25, -0.2) is 4.79 Å². The Hall–Kier alpha value is -2.23. The zero-order valence-electron chi connectivity index (χ0n) is 11.9. The summed E-state index contributed by atoms with van der Waals surface area (Å²) < 4.78 is 7.35. The molecular weight excluding hydrogens is 252 g/mol. The fourth-order valence-corrected chi connectivity index (χ4v) is 2.14. The molecule has 2 rings (SSSR count). The lowest BCUT2D eigenvalue weighted by Crippen LogP contribution is -2.14. The Kier molecular flexibility index (Phi) is 4.45. The number of nitrogens with zero attached hydrogens (tertiary/aromatic N) is 1. The number of carbonyl (C=O) groups excluding carboxylic acids is 1. The van der Waals surface area contributed by atoms with Crippen LogP contribution in [0.2, 0.25) is 0 Å². The van der Waals surface area contributed by atoms with E-state index in [1.54, 1.807) is 12.3 Å². The van der Waals surface area contributed by atoms with E-state index in [1.165, 1.54) is 0 Å². The predicted molar refractivity (Wildman–Crippen MR) is 79.4 cm³/mol. The maximum Gasteiger partial charge on any atom is 0.355 e. The fourth-order valence-electron chi connectivity index (χ4n) is 2.14. The number of hydrogen-bond donors (Lipinski definition) is 1. The van der Waals surface area contributed by atoms with Gasteiger partial charge in [0.25, 0.3) is 0 Å². The Balaban J connectivity index is 2.12. The normalized spacial score (nSPS) is 12.1. The first-order chi connectivity index (χ1) is 9.61. The highest BCUT2D eigenvalue weighted by molar-refractivity contribution is 5.89. The van der Waals surface area contributed by atoms with Crippen molar-refractivity contribution < 1.29 is 9.53 Å². The molecule has 4 heteroatoms. The monoisotopic (exact) mass is 272 g/mol. The van der Waals surface area contributed by atoms with Crippen LogP contribution in [0.15, 0.2) is 42.6 Å². The first-order valence-corrected chi connectivity index (χ1v) is 6.83. The van der Waals surface area contributed by atoms with E-state index in [0.717, 1.165) is 18.5 Å². The SMILES string of the molecule is CCCn1cc(N)cc1C(=O)OC(C)c1ccccc1. The van der Waals surface area contributed by atoms with Crippen LogP contribution in [0.4, 0.5) is 5.69 Å². The third-order valence-corrected chi connectivity index (χ3v) is 3.14. The summed E-state index contributed by atoms with van der Waals surface area (Å²) in [6.07, 6.45) is 2.42. The van der Waals surface area contributed by atoms with E-state index in [2.05, 4.69) is 6.92 Å². The van der Waals surface area contributed by atoms with E-state index in [4.69, 9.17) is 10.5 Å². The van der Waals surface area contributed by atoms with Crippen molar-refractivity contribution in [2.75, 3.05) is 5.73 Å². The molecule has 1 atom stereocenters. The molecular formula is C16H20N2O2. The molecule has 0 aliphatic rings. The van der Waals surface area contributed by atoms with Gasteiger partial charge in [-0.05, 0) is 25.0 Å². The summed E-state index contributed by atoms with van der Waals surface area (Å²) in [5.74, 6) is -0.341. The van der Waals surface area contributed by atoms with E-state index in [1.807, 2.05) is 41.8 Å². The molecule has 4 nitrogen and oxygen atoms in total. The lowest BCUT2D eigenvalue weighted by Gasteiger charge is -2.14. The number of carbonyl (C=O) groups is 1. The number of esters is 1. The fraction of sp³-hybridized carbons (Fsp3) is 0.312. The maximum atomic E-state index is 12.2. The van der Waals surface area contributed by atoms with Crippen LogP contribution in [0.1, 0.15) is 42.4 Å². The van der Waals surface area contributed by atoms with Crippen LogP contribution in [-0.2, 0) is 11.3 Å². The van der Waals surface area contributed by atoms with Gasteiger partial charge in [0, 0.05) is 12.7 Å². The molecule has 1 aromatic carbocycles. The number of aromatic nitrogens is 1. The molecule has 1 heterocycles. The Bertz CT molecular complexity index is 575. The van der Waals surface area contributed by atoms with Crippen molar-refractivity contribution in [1.82, 2.24) is 4.57 Å². The van der Waals surface area contributed by atoms with Crippen LogP contribution >= 0.6 is 0 Å². The quantitative estimate of drug-likeness (QED) is 0.849. The van der Waals surface area contributed by atoms with Gasteiger partial charge in [0.2, 0.25) is 0 Å². The molecule has 0 amide bonds. The summed E-state index contributed by atoms with van der Waals surface area (Å²) in [6, 6.07) is 11.3. The number of aryl methyl sites for hydroxylation is 1. The van der Waals surface area contributed by atoms with E-state index < -0.39 is 0 Å². The summed E-state index contributed by atoms with van der Waals surface area (Å²) in [4.78, 5) is 12.2. The number of anilines is 1. The molecule has 0 radical (unpaired) electrons. The van der Waals surface area contributed by atoms with Crippen molar-refractivity contribution >= 4 is 11.7 Å². The molecule has 2 N–H and O–H groups in total. The van der Waals surface area contributed by atoms with Crippen LogP contribution in [-0.4, -0.2) is 10.5 Å². The summed E-state index contributed by atoms with van der Waals surface area (Å²) >= 11 is 0. The molecule has 1 aromatic heterocycles. The van der Waals surface area contributed by atoms with Crippen LogP contribution in [0, 0.1) is 0 Å². The summed E-state index contributed by atoms with van der Waals surface area (Å²) in [5, 5.41) is 0. The average molecular weight is 272 g/mol. The molecule has 2 aromatic rings. The smallest absolute Gasteiger partial charge is 0.355 e. The van der Waals surface area contributed by atoms with Crippen molar-refractivity contribution in [3.8, 4) is 0 Å². The number of benzene rings is 1. The average Bonchev–Trinajstić information content (AvgIpc) is 2.81. The minimum atomic E-state index is -0.341. The minimum Gasteiger partial charge on any atom is -0.453 e. The molecule has 0 spiro atoms. The molecule has 0 aliphatic carbocycles. The lowest BCUT2D eigenvalue weighted by molar-refractivity contribution is 0.0325. The summed E-state index contributed by atoms with van der Waals surface area (Å²) in [7, 11) is 0. The number of nitrogen functional groups attached to an aromatic ring is 1. The molecule has 20 heavy (non-hydrogen) atoms. The van der Waals surface area contributed by atoms with E-state index in [9.17, 15) is 4.79 Å². The summed E-state index contributed by atoms with van der Waals surface area (Å²) in [6.45, 7) is 4.67. The highest BCUT2D eigenvalue weighted by Gasteiger charge is 2.17. The van der Waals surface area contributed by atoms with Crippen LogP contribution in [0.3, 0.4) is 0 Å². The van der Waals surface area contributed by atoms with Gasteiger partial charge >= 0.3 is 5.97 Å². The third kappa shape index (κ3) is 3.20. The van der Waals surface area contributed by atoms with Gasteiger partial charge < -0.3 is 15.0 Å². The van der Waals surface area contributed by atoms with E-state index >= 15 is 0 Å². The van der Waals surface area contributed by atoms with Crippen molar-refractivity contribution in [2.45, 2.75) is 32.9 Å². The highest BCUT2D eigenvalue weighted by Crippen LogP contribution is 2.20. The number of nitrogens with two attached hydrogens (primary N) is 1. The molecule has 106 valence electrons. The Labute approximate surface area is 119 Å². The number of ether oxygens (including phenoxy) is 1. The largest absolute Gasteiger partial charge is 0.453 e. The molecule has 0 fully saturated rings. The zero-order valence-corrected chi connectivity index (χ0v) is 11.9. The van der Waals surface area contributed by atoms with Gasteiger partial charge in [-0.15, -0.1) is 0 Å². The minimum absolute atomic E-state index is 0.282. The zero-order chi connectivity index (χ0) is 14.5. The van der Waals surface area contributed by atoms with Crippen LogP contribution in [0.5, 0.6) is 0 Å². The number of hydrogen-bond acceptors (Lipinski definition) is 3. The van der Waals surface area contributed by atoms with Gasteiger partial charge in [-0.2, -0.15) is 0 Å². The van der Waals surface area contributed by atoms with Crippen molar-refractivity contribution in [2.24, 2.45) is 0 Å². The van der Waals surface area contributed by atoms with Gasteiger partial charge in [-0.1, -0.05) is 37.3 Å². The molecule has 0 saturated carbocycles. The highest BCUT2D eigenvalue weighted by atomic mass is 16.5. The molecule has 0 saturated heterocycles. The van der Waals surface area contributed by atoms with Gasteiger partial charge in [0.05, 0.1) is 5.69 Å². The maximum absolute atomic E-state index is 12.2. The van der Waals surface area contributed by atoms with Gasteiger partial charge in [-0.3, -0.25) is 0 Å². The van der Waals surface area contributed by atoms with E-state index in [-0.39, 0.29) is 12.1 Å². The second-order valence-electron chi connectivity index (χ2n) is 4.81. The number of rotatable bonds is 5. The Morgan fingerprint density at radius 2 is 2.05 bits per heavy atom. The van der Waals surface area contributed by atoms with E-state index in [0.29, 0.717) is 11.4 Å². The second-order valence-corrected chi connectivity index (χ2v) is 4.81. The van der Waals surface area contributed by atoms with Crippen molar-refractivity contribution in [3.63, 3.8) is 0 Å². The van der Waals surface area contributed by atoms with Crippen molar-refractivity contribution in [1.29, 1.82) is 0 Å². The first kappa shape index (κ1) is 14.2. The molecule has 0 bridgehead atoms.